The molecule has 0 atom stereocenters. The molecule has 0 heterocycles. The van der Waals surface area contributed by atoms with Gasteiger partial charge in [-0.15, -0.1) is 0 Å². The number of para-hydroxylation sites is 1. The average Bonchev–Trinajstić information content (AvgIpc) is 2.72. The third kappa shape index (κ3) is 5.23. The van der Waals surface area contributed by atoms with Crippen LogP contribution in [-0.2, 0) is 0 Å². The third-order valence-corrected chi connectivity index (χ3v) is 3.83. The number of rotatable bonds is 5. The van der Waals surface area contributed by atoms with E-state index in [9.17, 15) is 9.59 Å². The lowest BCUT2D eigenvalue weighted by atomic mass is 10.1. The molecular formula is C23H18N2O3. The van der Waals surface area contributed by atoms with E-state index in [4.69, 9.17) is 10.5 Å². The van der Waals surface area contributed by atoms with Crippen LogP contribution in [0.15, 0.2) is 78.9 Å². The van der Waals surface area contributed by atoms with Gasteiger partial charge in [0.05, 0.1) is 6.54 Å². The molecule has 5 nitrogen and oxygen atoms in total. The maximum absolute atomic E-state index is 12.2. The molecule has 2 amide bonds. The van der Waals surface area contributed by atoms with Crippen molar-refractivity contribution in [3.8, 4) is 23.3 Å². The Morgan fingerprint density at radius 1 is 0.821 bits per heavy atom. The third-order valence-electron chi connectivity index (χ3n) is 3.83. The zero-order chi connectivity index (χ0) is 19.8. The fourth-order valence-electron chi connectivity index (χ4n) is 2.39. The predicted octanol–water partition coefficient (Wildman–Crippen LogP) is 3.36. The van der Waals surface area contributed by atoms with Crippen LogP contribution >= 0.6 is 0 Å². The van der Waals surface area contributed by atoms with Gasteiger partial charge in [0.1, 0.15) is 11.5 Å². The molecular weight excluding hydrogens is 352 g/mol. The number of hydrogen-bond donors (Lipinski definition) is 2. The molecule has 3 aromatic rings. The first kappa shape index (κ1) is 18.7. The first-order valence-electron chi connectivity index (χ1n) is 8.62. The van der Waals surface area contributed by atoms with Crippen molar-refractivity contribution in [2.75, 3.05) is 6.54 Å². The Hall–Kier alpha value is -4.04. The summed E-state index contributed by atoms with van der Waals surface area (Å²) >= 11 is 0. The van der Waals surface area contributed by atoms with Gasteiger partial charge in [-0.2, -0.15) is 0 Å². The number of primary amides is 1. The monoisotopic (exact) mass is 370 g/mol. The van der Waals surface area contributed by atoms with E-state index in [0.717, 1.165) is 11.3 Å². The molecule has 0 bridgehead atoms. The van der Waals surface area contributed by atoms with Gasteiger partial charge in [-0.05, 0) is 60.7 Å². The Bertz CT molecular complexity index is 1020. The van der Waals surface area contributed by atoms with E-state index in [0.29, 0.717) is 16.9 Å². The Kier molecular flexibility index (Phi) is 6.06. The Balaban J connectivity index is 1.52. The van der Waals surface area contributed by atoms with Gasteiger partial charge in [-0.3, -0.25) is 9.59 Å². The van der Waals surface area contributed by atoms with E-state index in [1.807, 2.05) is 30.3 Å². The average molecular weight is 370 g/mol. The normalized spacial score (nSPS) is 9.71. The van der Waals surface area contributed by atoms with E-state index in [1.165, 1.54) is 0 Å². The molecule has 0 saturated heterocycles. The summed E-state index contributed by atoms with van der Waals surface area (Å²) in [6.07, 6.45) is 0. The molecule has 3 aromatic carbocycles. The Morgan fingerprint density at radius 3 is 2.07 bits per heavy atom. The van der Waals surface area contributed by atoms with Crippen molar-refractivity contribution < 1.29 is 14.3 Å². The molecule has 0 aliphatic carbocycles. The van der Waals surface area contributed by atoms with E-state index < -0.39 is 5.91 Å². The summed E-state index contributed by atoms with van der Waals surface area (Å²) in [6, 6.07) is 23.0. The molecule has 138 valence electrons. The summed E-state index contributed by atoms with van der Waals surface area (Å²) in [5, 5.41) is 2.74. The molecule has 0 aromatic heterocycles. The molecule has 3 rings (SSSR count). The summed E-state index contributed by atoms with van der Waals surface area (Å²) in [5.41, 5.74) is 6.88. The summed E-state index contributed by atoms with van der Waals surface area (Å²) < 4.78 is 5.70. The summed E-state index contributed by atoms with van der Waals surface area (Å²) in [4.78, 5) is 23.2. The highest BCUT2D eigenvalue weighted by Crippen LogP contribution is 2.21. The minimum Gasteiger partial charge on any atom is -0.457 e. The maximum atomic E-state index is 12.2. The van der Waals surface area contributed by atoms with Crippen LogP contribution in [0.25, 0.3) is 0 Å². The molecule has 3 N–H and O–H groups in total. The molecule has 5 heteroatoms. The van der Waals surface area contributed by atoms with Crippen LogP contribution in [-0.4, -0.2) is 18.4 Å². The maximum Gasteiger partial charge on any atom is 0.252 e. The van der Waals surface area contributed by atoms with Crippen molar-refractivity contribution in [2.45, 2.75) is 0 Å². The summed E-state index contributed by atoms with van der Waals surface area (Å²) in [7, 11) is 0. The number of nitrogens with two attached hydrogens (primary N) is 1. The van der Waals surface area contributed by atoms with Crippen LogP contribution in [0.1, 0.15) is 26.3 Å². The van der Waals surface area contributed by atoms with Gasteiger partial charge in [-0.25, -0.2) is 0 Å². The van der Waals surface area contributed by atoms with Crippen LogP contribution in [0, 0.1) is 11.8 Å². The first-order valence-corrected chi connectivity index (χ1v) is 8.62. The van der Waals surface area contributed by atoms with E-state index in [-0.39, 0.29) is 12.5 Å². The van der Waals surface area contributed by atoms with Crippen molar-refractivity contribution in [1.29, 1.82) is 0 Å². The van der Waals surface area contributed by atoms with Gasteiger partial charge >= 0.3 is 0 Å². The SMILES string of the molecule is NC(=O)c1ccc(C#CCNC(=O)c2ccc(Oc3ccccc3)cc2)cc1. The zero-order valence-corrected chi connectivity index (χ0v) is 15.0. The fraction of sp³-hybridized carbons (Fsp3) is 0.0435. The minimum absolute atomic E-state index is 0.207. The highest BCUT2D eigenvalue weighted by atomic mass is 16.5. The zero-order valence-electron chi connectivity index (χ0n) is 15.0. The minimum atomic E-state index is -0.480. The van der Waals surface area contributed by atoms with Crippen LogP contribution in [0.2, 0.25) is 0 Å². The van der Waals surface area contributed by atoms with Crippen LogP contribution in [0.3, 0.4) is 0 Å². The molecule has 0 aliphatic rings. The predicted molar refractivity (Wildman–Crippen MR) is 107 cm³/mol. The van der Waals surface area contributed by atoms with E-state index in [2.05, 4.69) is 17.2 Å². The first-order chi connectivity index (χ1) is 13.6. The highest BCUT2D eigenvalue weighted by Gasteiger charge is 2.05. The number of hydrogen-bond acceptors (Lipinski definition) is 3. The summed E-state index contributed by atoms with van der Waals surface area (Å²) in [6.45, 7) is 0.207. The smallest absolute Gasteiger partial charge is 0.252 e. The number of carbonyl (C=O) groups excluding carboxylic acids is 2. The second-order valence-corrected chi connectivity index (χ2v) is 5.87. The summed E-state index contributed by atoms with van der Waals surface area (Å²) in [5.74, 6) is 6.48. The van der Waals surface area contributed by atoms with Gasteiger partial charge in [0.15, 0.2) is 0 Å². The molecule has 0 aliphatic heterocycles. The van der Waals surface area contributed by atoms with Gasteiger partial charge < -0.3 is 15.8 Å². The van der Waals surface area contributed by atoms with Gasteiger partial charge in [0.2, 0.25) is 5.91 Å². The number of benzene rings is 3. The van der Waals surface area contributed by atoms with Crippen molar-refractivity contribution in [3.05, 3.63) is 95.6 Å². The molecule has 0 spiro atoms. The second kappa shape index (κ2) is 9.06. The number of ether oxygens (including phenoxy) is 1. The lowest BCUT2D eigenvalue weighted by Crippen LogP contribution is -2.23. The van der Waals surface area contributed by atoms with Crippen molar-refractivity contribution in [3.63, 3.8) is 0 Å². The fourth-order valence-corrected chi connectivity index (χ4v) is 2.39. The van der Waals surface area contributed by atoms with Crippen LogP contribution < -0.4 is 15.8 Å². The van der Waals surface area contributed by atoms with Crippen molar-refractivity contribution in [2.24, 2.45) is 5.73 Å². The lowest BCUT2D eigenvalue weighted by Gasteiger charge is -2.06. The molecule has 0 radical (unpaired) electrons. The topological polar surface area (TPSA) is 81.4 Å². The van der Waals surface area contributed by atoms with Gasteiger partial charge in [0, 0.05) is 16.7 Å². The van der Waals surface area contributed by atoms with E-state index in [1.54, 1.807) is 48.5 Å². The molecule has 0 fully saturated rings. The lowest BCUT2D eigenvalue weighted by molar-refractivity contribution is 0.0957. The number of nitrogens with one attached hydrogen (secondary N) is 1. The van der Waals surface area contributed by atoms with Gasteiger partial charge in [-0.1, -0.05) is 30.0 Å². The standard InChI is InChI=1S/C23H18N2O3/c24-22(26)18-10-8-17(9-11-18)5-4-16-25-23(27)19-12-14-21(15-13-19)28-20-6-2-1-3-7-20/h1-3,6-15H,16H2,(H2,24,26)(H,25,27). The van der Waals surface area contributed by atoms with Crippen LogP contribution in [0.5, 0.6) is 11.5 Å². The quantitative estimate of drug-likeness (QED) is 0.676. The highest BCUT2D eigenvalue weighted by molar-refractivity contribution is 5.94. The second-order valence-electron chi connectivity index (χ2n) is 5.87. The number of carbonyl (C=O) groups is 2. The van der Waals surface area contributed by atoms with Crippen molar-refractivity contribution >= 4 is 11.8 Å². The van der Waals surface area contributed by atoms with Gasteiger partial charge in [0.25, 0.3) is 5.91 Å². The Morgan fingerprint density at radius 2 is 1.43 bits per heavy atom. The largest absolute Gasteiger partial charge is 0.457 e. The molecule has 0 unspecified atom stereocenters. The molecule has 0 saturated carbocycles. The van der Waals surface area contributed by atoms with Crippen LogP contribution in [0.4, 0.5) is 0 Å². The number of amides is 2. The Labute approximate surface area is 163 Å². The van der Waals surface area contributed by atoms with Crippen molar-refractivity contribution in [1.82, 2.24) is 5.32 Å². The molecule has 28 heavy (non-hydrogen) atoms. The van der Waals surface area contributed by atoms with E-state index >= 15 is 0 Å².